The largest absolute Gasteiger partial charge is 0.497 e. The van der Waals surface area contributed by atoms with Crippen molar-refractivity contribution in [2.24, 2.45) is 5.92 Å². The molecule has 2 atom stereocenters. The number of carbonyl (C=O) groups excluding carboxylic acids is 1. The molecule has 0 bridgehead atoms. The average molecular weight is 355 g/mol. The van der Waals surface area contributed by atoms with E-state index in [1.165, 1.54) is 0 Å². The number of rotatable bonds is 3. The first-order valence-electron chi connectivity index (χ1n) is 7.69. The van der Waals surface area contributed by atoms with Crippen molar-refractivity contribution >= 4 is 39.7 Å². The van der Waals surface area contributed by atoms with Gasteiger partial charge in [-0.05, 0) is 55.0 Å². The summed E-state index contributed by atoms with van der Waals surface area (Å²) in [5.41, 5.74) is 1.04. The monoisotopic (exact) mass is 354 g/mol. The van der Waals surface area contributed by atoms with Crippen LogP contribution in [0.2, 0.25) is 0 Å². The number of aryl methyl sites for hydroxylation is 1. The van der Waals surface area contributed by atoms with Crippen LogP contribution in [-0.4, -0.2) is 32.1 Å². The maximum absolute atomic E-state index is 12.6. The summed E-state index contributed by atoms with van der Waals surface area (Å²) in [7, 11) is 1.66. The molecule has 3 rings (SSSR count). The van der Waals surface area contributed by atoms with Gasteiger partial charge in [0.05, 0.1) is 12.0 Å². The predicted octanol–water partition coefficient (Wildman–Crippen LogP) is 3.37. The summed E-state index contributed by atoms with van der Waals surface area (Å²) in [6.07, 6.45) is 1.10. The molecule has 1 amide bonds. The van der Waals surface area contributed by atoms with Crippen LogP contribution in [0.1, 0.15) is 28.6 Å². The number of carbonyl (C=O) groups is 1. The van der Waals surface area contributed by atoms with Crippen LogP contribution < -0.4 is 15.4 Å². The number of ether oxygens (including phenoxy) is 1. The number of thiophene rings is 1. The fourth-order valence-electron chi connectivity index (χ4n) is 2.96. The highest BCUT2D eigenvalue weighted by molar-refractivity contribution is 7.21. The van der Waals surface area contributed by atoms with E-state index in [0.717, 1.165) is 45.8 Å². The second-order valence-corrected chi connectivity index (χ2v) is 7.02. The molecule has 1 aliphatic heterocycles. The highest BCUT2D eigenvalue weighted by atomic mass is 35.5. The lowest BCUT2D eigenvalue weighted by molar-refractivity contribution is 0.0919. The van der Waals surface area contributed by atoms with Gasteiger partial charge < -0.3 is 15.4 Å². The van der Waals surface area contributed by atoms with Gasteiger partial charge in [-0.2, -0.15) is 0 Å². The van der Waals surface area contributed by atoms with Crippen LogP contribution in [0, 0.1) is 12.8 Å². The Morgan fingerprint density at radius 1 is 1.43 bits per heavy atom. The Labute approximate surface area is 147 Å². The van der Waals surface area contributed by atoms with E-state index in [-0.39, 0.29) is 24.4 Å². The van der Waals surface area contributed by atoms with Gasteiger partial charge >= 0.3 is 0 Å². The Morgan fingerprint density at radius 3 is 2.91 bits per heavy atom. The molecule has 1 fully saturated rings. The fraction of sp³-hybridized carbons (Fsp3) is 0.471. The molecule has 1 aromatic carbocycles. The average Bonchev–Trinajstić information content (AvgIpc) is 2.86. The highest BCUT2D eigenvalue weighted by Gasteiger charge is 2.25. The summed E-state index contributed by atoms with van der Waals surface area (Å²) < 4.78 is 6.40. The van der Waals surface area contributed by atoms with Crippen molar-refractivity contribution in [1.82, 2.24) is 10.6 Å². The molecule has 6 heteroatoms. The van der Waals surface area contributed by atoms with E-state index in [9.17, 15) is 4.79 Å². The molecule has 0 aliphatic carbocycles. The third-order valence-corrected chi connectivity index (χ3v) is 5.77. The molecular weight excluding hydrogens is 332 g/mol. The third kappa shape index (κ3) is 3.62. The summed E-state index contributed by atoms with van der Waals surface area (Å²) in [4.78, 5) is 13.5. The van der Waals surface area contributed by atoms with Gasteiger partial charge in [-0.1, -0.05) is 6.92 Å². The Kier molecular flexibility index (Phi) is 5.89. The van der Waals surface area contributed by atoms with Crippen LogP contribution in [-0.2, 0) is 0 Å². The molecule has 0 saturated carbocycles. The van der Waals surface area contributed by atoms with Crippen molar-refractivity contribution in [3.05, 3.63) is 28.6 Å². The second-order valence-electron chi connectivity index (χ2n) is 5.97. The number of benzene rings is 1. The summed E-state index contributed by atoms with van der Waals surface area (Å²) in [6.45, 7) is 6.10. The van der Waals surface area contributed by atoms with E-state index in [1.807, 2.05) is 25.1 Å². The zero-order valence-corrected chi connectivity index (χ0v) is 15.3. The van der Waals surface area contributed by atoms with Crippen LogP contribution in [0.5, 0.6) is 5.75 Å². The predicted molar refractivity (Wildman–Crippen MR) is 98.3 cm³/mol. The van der Waals surface area contributed by atoms with Crippen molar-refractivity contribution < 1.29 is 9.53 Å². The standard InChI is InChI=1S/C17H22N2O2S.ClH/c1-10-6-7-18-9-14(10)19-17(20)16-11(2)13-8-12(21-3)4-5-15(13)22-16;/h4-5,8,10,14,18H,6-7,9H2,1-3H3,(H,19,20);1H. The number of hydrogen-bond donors (Lipinski definition) is 2. The molecule has 2 unspecified atom stereocenters. The Hall–Kier alpha value is -1.30. The van der Waals surface area contributed by atoms with Gasteiger partial charge in [0.2, 0.25) is 0 Å². The van der Waals surface area contributed by atoms with Crippen molar-refractivity contribution in [1.29, 1.82) is 0 Å². The lowest BCUT2D eigenvalue weighted by atomic mass is 9.95. The third-order valence-electron chi connectivity index (χ3n) is 4.49. The van der Waals surface area contributed by atoms with Gasteiger partial charge in [0.15, 0.2) is 0 Å². The van der Waals surface area contributed by atoms with E-state index < -0.39 is 0 Å². The number of nitrogens with one attached hydrogen (secondary N) is 2. The minimum atomic E-state index is 0. The number of methoxy groups -OCH3 is 1. The first kappa shape index (κ1) is 18.0. The van der Waals surface area contributed by atoms with Crippen molar-refractivity contribution in [3.63, 3.8) is 0 Å². The zero-order chi connectivity index (χ0) is 15.7. The quantitative estimate of drug-likeness (QED) is 0.888. The van der Waals surface area contributed by atoms with Gasteiger partial charge in [0.25, 0.3) is 5.91 Å². The van der Waals surface area contributed by atoms with Crippen LogP contribution in [0.3, 0.4) is 0 Å². The first-order valence-corrected chi connectivity index (χ1v) is 8.50. The van der Waals surface area contributed by atoms with E-state index in [2.05, 4.69) is 17.6 Å². The molecule has 0 spiro atoms. The van der Waals surface area contributed by atoms with Crippen LogP contribution in [0.25, 0.3) is 10.1 Å². The Balaban J connectivity index is 0.00000192. The van der Waals surface area contributed by atoms with E-state index in [1.54, 1.807) is 18.4 Å². The van der Waals surface area contributed by atoms with Gasteiger partial charge in [-0.15, -0.1) is 23.7 Å². The normalized spacial score (nSPS) is 20.8. The van der Waals surface area contributed by atoms with Gasteiger partial charge in [-0.3, -0.25) is 4.79 Å². The van der Waals surface area contributed by atoms with Crippen molar-refractivity contribution in [2.45, 2.75) is 26.3 Å². The minimum Gasteiger partial charge on any atom is -0.497 e. The molecule has 0 radical (unpaired) electrons. The molecule has 2 aromatic rings. The van der Waals surface area contributed by atoms with Crippen LogP contribution in [0.4, 0.5) is 0 Å². The number of amides is 1. The topological polar surface area (TPSA) is 50.4 Å². The molecule has 23 heavy (non-hydrogen) atoms. The zero-order valence-electron chi connectivity index (χ0n) is 13.6. The molecular formula is C17H23ClN2O2S. The van der Waals surface area contributed by atoms with Crippen LogP contribution >= 0.6 is 23.7 Å². The van der Waals surface area contributed by atoms with Crippen LogP contribution in [0.15, 0.2) is 18.2 Å². The van der Waals surface area contributed by atoms with E-state index >= 15 is 0 Å². The number of piperidine rings is 1. The first-order chi connectivity index (χ1) is 10.6. The number of halogens is 1. The smallest absolute Gasteiger partial charge is 0.261 e. The summed E-state index contributed by atoms with van der Waals surface area (Å²) in [5.74, 6) is 1.38. The minimum absolute atomic E-state index is 0. The number of fused-ring (bicyclic) bond motifs is 1. The molecule has 1 aliphatic rings. The Morgan fingerprint density at radius 2 is 2.22 bits per heavy atom. The van der Waals surface area contributed by atoms with Crippen molar-refractivity contribution in [2.75, 3.05) is 20.2 Å². The molecule has 1 saturated heterocycles. The highest BCUT2D eigenvalue weighted by Crippen LogP contribution is 2.33. The molecule has 2 N–H and O–H groups in total. The maximum atomic E-state index is 12.6. The number of hydrogen-bond acceptors (Lipinski definition) is 4. The van der Waals surface area contributed by atoms with E-state index in [4.69, 9.17) is 4.74 Å². The molecule has 2 heterocycles. The van der Waals surface area contributed by atoms with Gasteiger partial charge in [0, 0.05) is 17.3 Å². The van der Waals surface area contributed by atoms with Gasteiger partial charge in [0.1, 0.15) is 5.75 Å². The maximum Gasteiger partial charge on any atom is 0.261 e. The fourth-order valence-corrected chi connectivity index (χ4v) is 4.05. The summed E-state index contributed by atoms with van der Waals surface area (Å²) in [6, 6.07) is 6.17. The molecule has 4 nitrogen and oxygen atoms in total. The SMILES string of the molecule is COc1ccc2sc(C(=O)NC3CNCCC3C)c(C)c2c1.Cl. The Bertz CT molecular complexity index is 701. The van der Waals surface area contributed by atoms with Crippen molar-refractivity contribution in [3.8, 4) is 5.75 Å². The summed E-state index contributed by atoms with van der Waals surface area (Å²) >= 11 is 1.55. The molecule has 1 aromatic heterocycles. The summed E-state index contributed by atoms with van der Waals surface area (Å²) in [5, 5.41) is 7.64. The lowest BCUT2D eigenvalue weighted by Gasteiger charge is -2.30. The van der Waals surface area contributed by atoms with E-state index in [0.29, 0.717) is 5.92 Å². The van der Waals surface area contributed by atoms with Gasteiger partial charge in [-0.25, -0.2) is 0 Å². The lowest BCUT2D eigenvalue weighted by Crippen LogP contribution is -2.50. The molecule has 126 valence electrons. The second kappa shape index (κ2) is 7.51.